The number of benzene rings is 1. The summed E-state index contributed by atoms with van der Waals surface area (Å²) in [5, 5.41) is 2.85. The number of piperidine rings is 1. The second-order valence-corrected chi connectivity index (χ2v) is 4.43. The lowest BCUT2D eigenvalue weighted by Gasteiger charge is -2.23. The molecule has 1 unspecified atom stereocenters. The summed E-state index contributed by atoms with van der Waals surface area (Å²) in [5.74, 6) is 0.123. The van der Waals surface area contributed by atoms with E-state index in [9.17, 15) is 9.59 Å². The third-order valence-electron chi connectivity index (χ3n) is 3.16. The summed E-state index contributed by atoms with van der Waals surface area (Å²) in [5.41, 5.74) is 6.89. The van der Waals surface area contributed by atoms with Crippen molar-refractivity contribution in [3.8, 4) is 0 Å². The molecule has 1 aromatic carbocycles. The van der Waals surface area contributed by atoms with Crippen LogP contribution in [0.2, 0.25) is 0 Å². The van der Waals surface area contributed by atoms with Gasteiger partial charge in [-0.05, 0) is 30.4 Å². The molecule has 4 nitrogen and oxygen atoms in total. The molecule has 1 saturated heterocycles. The molecular weight excluding hydrogens is 216 g/mol. The van der Waals surface area contributed by atoms with E-state index in [-0.39, 0.29) is 11.8 Å². The molecule has 17 heavy (non-hydrogen) atoms. The van der Waals surface area contributed by atoms with Gasteiger partial charge in [0.2, 0.25) is 11.8 Å². The molecule has 0 radical (unpaired) electrons. The van der Waals surface area contributed by atoms with Gasteiger partial charge in [0.25, 0.3) is 0 Å². The van der Waals surface area contributed by atoms with E-state index in [0.717, 1.165) is 18.4 Å². The first-order valence-corrected chi connectivity index (χ1v) is 5.81. The minimum absolute atomic E-state index is 0.115. The third kappa shape index (κ3) is 2.84. The number of carbonyl (C=O) groups excluding carboxylic acids is 2. The molecule has 0 aliphatic carbocycles. The zero-order chi connectivity index (χ0) is 12.3. The lowest BCUT2D eigenvalue weighted by Crippen LogP contribution is -2.35. The standard InChI is InChI=1S/C13H16N2O2/c14-13(17)11-4-2-1-3-10(11)7-9-5-6-12(16)15-8-9/h1-4,9H,5-8H2,(H2,14,17)(H,15,16). The fraction of sp³-hybridized carbons (Fsp3) is 0.385. The highest BCUT2D eigenvalue weighted by Crippen LogP contribution is 2.19. The molecule has 1 aliphatic rings. The van der Waals surface area contributed by atoms with Gasteiger partial charge in [0, 0.05) is 18.5 Å². The van der Waals surface area contributed by atoms with Crippen LogP contribution in [0.25, 0.3) is 0 Å². The number of hydrogen-bond acceptors (Lipinski definition) is 2. The molecule has 1 aromatic rings. The van der Waals surface area contributed by atoms with Gasteiger partial charge in [-0.1, -0.05) is 18.2 Å². The van der Waals surface area contributed by atoms with E-state index in [1.54, 1.807) is 6.07 Å². The Balaban J connectivity index is 2.08. The molecule has 0 aromatic heterocycles. The van der Waals surface area contributed by atoms with Crippen LogP contribution in [0.4, 0.5) is 0 Å². The number of primary amides is 1. The van der Waals surface area contributed by atoms with E-state index in [4.69, 9.17) is 5.73 Å². The monoisotopic (exact) mass is 232 g/mol. The van der Waals surface area contributed by atoms with Crippen molar-refractivity contribution in [1.82, 2.24) is 5.32 Å². The Morgan fingerprint density at radius 2 is 2.18 bits per heavy atom. The molecule has 0 saturated carbocycles. The van der Waals surface area contributed by atoms with Crippen molar-refractivity contribution in [1.29, 1.82) is 0 Å². The highest BCUT2D eigenvalue weighted by molar-refractivity contribution is 5.94. The molecule has 1 atom stereocenters. The van der Waals surface area contributed by atoms with Gasteiger partial charge in [-0.3, -0.25) is 9.59 Å². The summed E-state index contributed by atoms with van der Waals surface area (Å²) in [6.45, 7) is 0.686. The predicted octanol–water partition coefficient (Wildman–Crippen LogP) is 0.854. The van der Waals surface area contributed by atoms with Crippen LogP contribution >= 0.6 is 0 Å². The molecule has 2 rings (SSSR count). The molecular formula is C13H16N2O2. The van der Waals surface area contributed by atoms with E-state index >= 15 is 0 Å². The van der Waals surface area contributed by atoms with Crippen molar-refractivity contribution in [2.45, 2.75) is 19.3 Å². The quantitative estimate of drug-likeness (QED) is 0.811. The van der Waals surface area contributed by atoms with Crippen LogP contribution in [0.3, 0.4) is 0 Å². The molecule has 1 aliphatic heterocycles. The highest BCUT2D eigenvalue weighted by Gasteiger charge is 2.19. The maximum atomic E-state index is 11.3. The largest absolute Gasteiger partial charge is 0.366 e. The molecule has 2 amide bonds. The second kappa shape index (κ2) is 4.99. The lowest BCUT2D eigenvalue weighted by atomic mass is 9.90. The maximum Gasteiger partial charge on any atom is 0.248 e. The van der Waals surface area contributed by atoms with Gasteiger partial charge >= 0.3 is 0 Å². The molecule has 4 heteroatoms. The molecule has 90 valence electrons. The van der Waals surface area contributed by atoms with Crippen molar-refractivity contribution in [3.05, 3.63) is 35.4 Å². The maximum absolute atomic E-state index is 11.3. The van der Waals surface area contributed by atoms with Crippen LogP contribution in [0.5, 0.6) is 0 Å². The fourth-order valence-electron chi connectivity index (χ4n) is 2.21. The van der Waals surface area contributed by atoms with Crippen molar-refractivity contribution in [2.75, 3.05) is 6.54 Å². The summed E-state index contributed by atoms with van der Waals surface area (Å²) in [6.07, 6.45) is 2.24. The van der Waals surface area contributed by atoms with Crippen LogP contribution in [-0.4, -0.2) is 18.4 Å². The zero-order valence-electron chi connectivity index (χ0n) is 9.61. The van der Waals surface area contributed by atoms with E-state index in [2.05, 4.69) is 5.32 Å². The molecule has 1 heterocycles. The van der Waals surface area contributed by atoms with Gasteiger partial charge in [-0.25, -0.2) is 0 Å². The Morgan fingerprint density at radius 3 is 2.82 bits per heavy atom. The van der Waals surface area contributed by atoms with Crippen molar-refractivity contribution >= 4 is 11.8 Å². The molecule has 3 N–H and O–H groups in total. The first kappa shape index (κ1) is 11.6. The van der Waals surface area contributed by atoms with Crippen molar-refractivity contribution in [2.24, 2.45) is 11.7 Å². The average molecular weight is 232 g/mol. The van der Waals surface area contributed by atoms with E-state index in [1.807, 2.05) is 18.2 Å². The van der Waals surface area contributed by atoms with Crippen LogP contribution in [0.15, 0.2) is 24.3 Å². The van der Waals surface area contributed by atoms with Crippen LogP contribution in [0.1, 0.15) is 28.8 Å². The first-order valence-electron chi connectivity index (χ1n) is 5.81. The first-order chi connectivity index (χ1) is 8.16. The smallest absolute Gasteiger partial charge is 0.248 e. The third-order valence-corrected chi connectivity index (χ3v) is 3.16. The number of carbonyl (C=O) groups is 2. The van der Waals surface area contributed by atoms with Gasteiger partial charge in [-0.15, -0.1) is 0 Å². The van der Waals surface area contributed by atoms with Crippen molar-refractivity contribution < 1.29 is 9.59 Å². The van der Waals surface area contributed by atoms with E-state index in [0.29, 0.717) is 24.4 Å². The number of nitrogens with one attached hydrogen (secondary N) is 1. The Bertz CT molecular complexity index is 433. The second-order valence-electron chi connectivity index (χ2n) is 4.43. The van der Waals surface area contributed by atoms with Crippen molar-refractivity contribution in [3.63, 3.8) is 0 Å². The highest BCUT2D eigenvalue weighted by atomic mass is 16.2. The summed E-state index contributed by atoms with van der Waals surface area (Å²) in [4.78, 5) is 22.3. The lowest BCUT2D eigenvalue weighted by molar-refractivity contribution is -0.122. The summed E-state index contributed by atoms with van der Waals surface area (Å²) in [6, 6.07) is 7.39. The predicted molar refractivity (Wildman–Crippen MR) is 64.4 cm³/mol. The zero-order valence-corrected chi connectivity index (χ0v) is 9.61. The molecule has 1 fully saturated rings. The molecule has 0 spiro atoms. The normalized spacial score (nSPS) is 19.8. The van der Waals surface area contributed by atoms with Crippen LogP contribution < -0.4 is 11.1 Å². The SMILES string of the molecule is NC(=O)c1ccccc1CC1CCC(=O)NC1. The Hall–Kier alpha value is -1.84. The Labute approximate surface area is 100 Å². The number of nitrogens with two attached hydrogens (primary N) is 1. The number of amides is 2. The average Bonchev–Trinajstić information content (AvgIpc) is 2.32. The number of hydrogen-bond donors (Lipinski definition) is 2. The topological polar surface area (TPSA) is 72.2 Å². The molecule has 0 bridgehead atoms. The number of rotatable bonds is 3. The fourth-order valence-corrected chi connectivity index (χ4v) is 2.21. The van der Waals surface area contributed by atoms with Gasteiger partial charge < -0.3 is 11.1 Å². The summed E-state index contributed by atoms with van der Waals surface area (Å²) >= 11 is 0. The summed E-state index contributed by atoms with van der Waals surface area (Å²) in [7, 11) is 0. The minimum Gasteiger partial charge on any atom is -0.366 e. The van der Waals surface area contributed by atoms with Gasteiger partial charge in [0.05, 0.1) is 0 Å². The minimum atomic E-state index is -0.388. The van der Waals surface area contributed by atoms with Gasteiger partial charge in [0.1, 0.15) is 0 Å². The Kier molecular flexibility index (Phi) is 3.42. The van der Waals surface area contributed by atoms with E-state index in [1.165, 1.54) is 0 Å². The van der Waals surface area contributed by atoms with Gasteiger partial charge in [-0.2, -0.15) is 0 Å². The van der Waals surface area contributed by atoms with Crippen LogP contribution in [0, 0.1) is 5.92 Å². The van der Waals surface area contributed by atoms with Gasteiger partial charge in [0.15, 0.2) is 0 Å². The van der Waals surface area contributed by atoms with E-state index < -0.39 is 0 Å². The summed E-state index contributed by atoms with van der Waals surface area (Å²) < 4.78 is 0. The van der Waals surface area contributed by atoms with Crippen LogP contribution in [-0.2, 0) is 11.2 Å². The Morgan fingerprint density at radius 1 is 1.41 bits per heavy atom.